The molecule has 6 heterocycles. The number of nitrogens with one attached hydrogen (secondary N) is 4. The highest BCUT2D eigenvalue weighted by Gasteiger charge is 2.58. The Morgan fingerprint density at radius 3 is 1.37 bits per heavy atom. The Labute approximate surface area is 358 Å². The van der Waals surface area contributed by atoms with Crippen molar-refractivity contribution in [3.05, 3.63) is 83.7 Å². The fourth-order valence-electron chi connectivity index (χ4n) is 10.5. The number of likely N-dealkylation sites (tertiary alicyclic amines) is 2. The molecule has 2 unspecified atom stereocenters. The molecule has 2 aliphatic carbocycles. The fourth-order valence-corrected chi connectivity index (χ4v) is 10.5. The average Bonchev–Trinajstić information content (AvgIpc) is 3.87. The van der Waals surface area contributed by atoms with Gasteiger partial charge in [-0.2, -0.15) is 0 Å². The van der Waals surface area contributed by atoms with Gasteiger partial charge in [0, 0.05) is 38.5 Å². The first-order chi connectivity index (χ1) is 30.2. The van der Waals surface area contributed by atoms with Crippen molar-refractivity contribution in [2.24, 2.45) is 23.7 Å². The number of nitrogens with zero attached hydrogens (tertiary/aromatic N) is 4. The molecule has 0 spiro atoms. The summed E-state index contributed by atoms with van der Waals surface area (Å²) in [7, 11) is 0. The highest BCUT2D eigenvalue weighted by atomic mass is 16.5. The maximum absolute atomic E-state index is 14.0. The van der Waals surface area contributed by atoms with Crippen LogP contribution in [0.15, 0.2) is 60.9 Å². The highest BCUT2D eigenvalue weighted by molar-refractivity contribution is 5.88. The van der Waals surface area contributed by atoms with Crippen LogP contribution in [0.5, 0.6) is 0 Å². The van der Waals surface area contributed by atoms with Crippen LogP contribution < -0.4 is 10.6 Å². The molecule has 62 heavy (non-hydrogen) atoms. The Kier molecular flexibility index (Phi) is 10.8. The predicted octanol–water partition coefficient (Wildman–Crippen LogP) is 6.09. The molecule has 0 radical (unpaired) electrons. The fraction of sp³-hybridized carbons (Fsp3) is 0.478. The molecule has 2 aromatic carbocycles. The number of hydrogen-bond donors (Lipinski definition) is 6. The largest absolute Gasteiger partial charge is 0.465 e. The number of imidazole rings is 2. The molecule has 4 aliphatic heterocycles. The van der Waals surface area contributed by atoms with Gasteiger partial charge in [0.2, 0.25) is 11.8 Å². The number of aromatic nitrogens is 4. The molecule has 2 saturated carbocycles. The Morgan fingerprint density at radius 2 is 1.00 bits per heavy atom. The van der Waals surface area contributed by atoms with Crippen LogP contribution in [0.2, 0.25) is 0 Å². The number of amides is 4. The average molecular weight is 845 g/mol. The van der Waals surface area contributed by atoms with Crippen LogP contribution in [0.3, 0.4) is 0 Å². The van der Waals surface area contributed by atoms with Crippen LogP contribution in [0.1, 0.15) is 86.2 Å². The van der Waals surface area contributed by atoms with Crippen molar-refractivity contribution in [1.82, 2.24) is 40.4 Å². The lowest BCUT2D eigenvalue weighted by Gasteiger charge is -2.35. The van der Waals surface area contributed by atoms with E-state index in [9.17, 15) is 29.4 Å². The Morgan fingerprint density at radius 1 is 0.613 bits per heavy atom. The monoisotopic (exact) mass is 844 g/mol. The van der Waals surface area contributed by atoms with Crippen molar-refractivity contribution in [2.75, 3.05) is 26.4 Å². The molecule has 16 nitrogen and oxygen atoms in total. The lowest BCUT2D eigenvalue weighted by atomic mass is 9.90. The summed E-state index contributed by atoms with van der Waals surface area (Å²) in [6.45, 7) is 2.09. The zero-order valence-electron chi connectivity index (χ0n) is 34.3. The van der Waals surface area contributed by atoms with Gasteiger partial charge in [-0.25, -0.2) is 19.6 Å². The van der Waals surface area contributed by atoms with Gasteiger partial charge in [-0.05, 0) is 97.3 Å². The van der Waals surface area contributed by atoms with Gasteiger partial charge in [0.25, 0.3) is 0 Å². The molecule has 2 aromatic heterocycles. The second-order valence-corrected chi connectivity index (χ2v) is 17.8. The number of H-pyrrole nitrogens is 2. The Balaban J connectivity index is 0.773. The number of carbonyl (C=O) groups excluding carboxylic acids is 2. The third-order valence-electron chi connectivity index (χ3n) is 14.0. The van der Waals surface area contributed by atoms with Gasteiger partial charge in [0.15, 0.2) is 0 Å². The van der Waals surface area contributed by atoms with Gasteiger partial charge >= 0.3 is 12.2 Å². The molecule has 4 saturated heterocycles. The first-order valence-electron chi connectivity index (χ1n) is 22.0. The maximum Gasteiger partial charge on any atom is 0.405 e. The minimum atomic E-state index is -1.19. The quantitative estimate of drug-likeness (QED) is 0.0904. The lowest BCUT2D eigenvalue weighted by molar-refractivity contribution is -0.138. The Hall–Kier alpha value is -6.00. The van der Waals surface area contributed by atoms with Crippen LogP contribution in [0, 0.1) is 23.7 Å². The van der Waals surface area contributed by atoms with Crippen molar-refractivity contribution in [1.29, 1.82) is 0 Å². The summed E-state index contributed by atoms with van der Waals surface area (Å²) in [5.41, 5.74) is 5.69. The molecule has 6 aliphatic rings. The predicted molar refractivity (Wildman–Crippen MR) is 226 cm³/mol. The van der Waals surface area contributed by atoms with E-state index in [4.69, 9.17) is 19.4 Å². The molecule has 4 amide bonds. The van der Waals surface area contributed by atoms with Crippen LogP contribution in [-0.2, 0) is 19.1 Å². The Bertz CT molecular complexity index is 2170. The molecule has 10 rings (SSSR count). The van der Waals surface area contributed by atoms with E-state index in [2.05, 4.69) is 32.8 Å². The van der Waals surface area contributed by atoms with Gasteiger partial charge in [-0.15, -0.1) is 0 Å². The van der Waals surface area contributed by atoms with E-state index in [0.717, 1.165) is 71.0 Å². The molecular weight excluding hydrogens is 793 g/mol. The second-order valence-electron chi connectivity index (χ2n) is 17.8. The summed E-state index contributed by atoms with van der Waals surface area (Å²) in [5.74, 6) is 1.71. The number of benzene rings is 2. The van der Waals surface area contributed by atoms with Crippen molar-refractivity contribution < 1.29 is 38.9 Å². The van der Waals surface area contributed by atoms with E-state index in [0.29, 0.717) is 63.9 Å². The van der Waals surface area contributed by atoms with Crippen molar-refractivity contribution >= 4 is 36.2 Å². The van der Waals surface area contributed by atoms with Crippen LogP contribution in [0.25, 0.3) is 34.7 Å². The maximum atomic E-state index is 14.0. The topological polar surface area (TPSA) is 215 Å². The number of fused-ring (bicyclic) bond motifs is 2. The van der Waals surface area contributed by atoms with Crippen molar-refractivity contribution in [3.8, 4) is 22.5 Å². The summed E-state index contributed by atoms with van der Waals surface area (Å²) in [6, 6.07) is 14.5. The summed E-state index contributed by atoms with van der Waals surface area (Å²) in [5, 5.41) is 24.3. The molecule has 0 bridgehead atoms. The normalized spacial score (nSPS) is 26.8. The minimum Gasteiger partial charge on any atom is -0.465 e. The highest BCUT2D eigenvalue weighted by Crippen LogP contribution is 2.55. The number of ether oxygens (including phenoxy) is 2. The molecular formula is C46H52N8O8. The molecule has 16 heteroatoms. The van der Waals surface area contributed by atoms with E-state index in [1.54, 1.807) is 12.4 Å². The zero-order chi connectivity index (χ0) is 42.5. The first kappa shape index (κ1) is 40.1. The first-order valence-corrected chi connectivity index (χ1v) is 22.0. The summed E-state index contributed by atoms with van der Waals surface area (Å²) in [4.78, 5) is 71.7. The van der Waals surface area contributed by atoms with E-state index in [1.807, 2.05) is 58.3 Å². The van der Waals surface area contributed by atoms with E-state index in [1.165, 1.54) is 0 Å². The van der Waals surface area contributed by atoms with E-state index in [-0.39, 0.29) is 47.8 Å². The summed E-state index contributed by atoms with van der Waals surface area (Å²) in [6.07, 6.45) is 11.4. The van der Waals surface area contributed by atoms with Crippen LogP contribution >= 0.6 is 0 Å². The summed E-state index contributed by atoms with van der Waals surface area (Å²) < 4.78 is 11.0. The molecule has 8 atom stereocenters. The van der Waals surface area contributed by atoms with E-state index < -0.39 is 24.3 Å². The number of hydrogen-bond acceptors (Lipinski definition) is 8. The number of rotatable bonds is 12. The molecule has 6 N–H and O–H groups in total. The van der Waals surface area contributed by atoms with Crippen LogP contribution in [-0.4, -0.2) is 115 Å². The SMILES string of the molecule is O=C(O)N[C@@H](C(=O)N1C2C[C@@H]2C[C@H]1c1ncc(-c2ccc(/C=C/c3ccc(-c4cnc([C@@H]5C[C@H]6CC6N5C(=O)[C@H](NC(=O)O)C5CCOCC5)[nH]4)cc3)cc2)[nH]1)C1CCOCC1. The van der Waals surface area contributed by atoms with Crippen molar-refractivity contribution in [2.45, 2.75) is 87.6 Å². The van der Waals surface area contributed by atoms with Gasteiger partial charge < -0.3 is 50.1 Å². The number of carbonyl (C=O) groups is 4. The minimum absolute atomic E-state index is 0.102. The van der Waals surface area contributed by atoms with Gasteiger partial charge in [0.05, 0.1) is 35.9 Å². The lowest BCUT2D eigenvalue weighted by Crippen LogP contribution is -2.53. The number of aromatic amines is 2. The molecule has 324 valence electrons. The van der Waals surface area contributed by atoms with Gasteiger partial charge in [0.1, 0.15) is 23.7 Å². The number of piperidine rings is 2. The zero-order valence-corrected chi connectivity index (χ0v) is 34.3. The third kappa shape index (κ3) is 8.08. The summed E-state index contributed by atoms with van der Waals surface area (Å²) >= 11 is 0. The second kappa shape index (κ2) is 16.7. The molecule has 6 fully saturated rings. The van der Waals surface area contributed by atoms with Crippen LogP contribution in [0.4, 0.5) is 9.59 Å². The van der Waals surface area contributed by atoms with Gasteiger partial charge in [-0.1, -0.05) is 60.7 Å². The van der Waals surface area contributed by atoms with E-state index >= 15 is 0 Å². The third-order valence-corrected chi connectivity index (χ3v) is 14.0. The molecule has 4 aromatic rings. The number of carboxylic acid groups (broad SMARTS) is 2. The van der Waals surface area contributed by atoms with Gasteiger partial charge in [-0.3, -0.25) is 9.59 Å². The van der Waals surface area contributed by atoms with Crippen molar-refractivity contribution in [3.63, 3.8) is 0 Å². The standard InChI is InChI=1S/C46H52N8O8/c55-43(39(51-45(57)58)29-11-15-61-16-12-29)53-35-19-31(35)21-37(53)41-47-23-33(49-41)27-7-3-25(4-8-27)1-2-26-5-9-28(10-6-26)34-24-48-42(50-34)38-22-32-20-36(32)54(38)44(56)40(52-46(59)60)30-13-17-62-18-14-30/h1-10,23-24,29-32,35-40,51-52H,11-22H2,(H,47,49)(H,48,50)(H,57,58)(H,59,60)/b2-1+/t31-,32-,35?,36?,37+,38+,39-,40-/m1/s1. The smallest absolute Gasteiger partial charge is 0.405 e.